The Kier molecular flexibility index (Phi) is 5.63. The highest BCUT2D eigenvalue weighted by Gasteiger charge is 2.45. The van der Waals surface area contributed by atoms with E-state index in [4.69, 9.17) is 15.2 Å². The predicted octanol–water partition coefficient (Wildman–Crippen LogP) is 1.77. The molecule has 19 heavy (non-hydrogen) atoms. The first-order chi connectivity index (χ1) is 9.26. The van der Waals surface area contributed by atoms with Gasteiger partial charge in [-0.3, -0.25) is 4.90 Å². The largest absolute Gasteiger partial charge is 0.379 e. The summed E-state index contributed by atoms with van der Waals surface area (Å²) >= 11 is 0. The van der Waals surface area contributed by atoms with Crippen molar-refractivity contribution in [3.8, 4) is 0 Å². The van der Waals surface area contributed by atoms with Gasteiger partial charge in [0.2, 0.25) is 0 Å². The average molecular weight is 270 g/mol. The molecule has 1 saturated carbocycles. The van der Waals surface area contributed by atoms with Crippen molar-refractivity contribution >= 4 is 0 Å². The summed E-state index contributed by atoms with van der Waals surface area (Å²) in [5.74, 6) is 0. The number of rotatable bonds is 6. The van der Waals surface area contributed by atoms with Gasteiger partial charge < -0.3 is 15.2 Å². The molecule has 1 saturated heterocycles. The summed E-state index contributed by atoms with van der Waals surface area (Å²) in [7, 11) is 1.83. The smallest absolute Gasteiger partial charge is 0.0767 e. The van der Waals surface area contributed by atoms with Crippen molar-refractivity contribution in [2.24, 2.45) is 5.73 Å². The average Bonchev–Trinajstić information content (AvgIpc) is 2.97. The fraction of sp³-hybridized carbons (Fsp3) is 1.00. The molecule has 0 amide bonds. The maximum Gasteiger partial charge on any atom is 0.0767 e. The molecule has 4 nitrogen and oxygen atoms in total. The summed E-state index contributed by atoms with van der Waals surface area (Å²) < 4.78 is 11.6. The molecular formula is C15H30N2O2. The molecule has 4 heteroatoms. The third kappa shape index (κ3) is 3.13. The van der Waals surface area contributed by atoms with Gasteiger partial charge in [-0.2, -0.15) is 0 Å². The van der Waals surface area contributed by atoms with Gasteiger partial charge in [-0.05, 0) is 32.2 Å². The monoisotopic (exact) mass is 270 g/mol. The minimum absolute atomic E-state index is 0.0215. The van der Waals surface area contributed by atoms with Crippen molar-refractivity contribution in [2.75, 3.05) is 33.4 Å². The Morgan fingerprint density at radius 1 is 1.32 bits per heavy atom. The van der Waals surface area contributed by atoms with E-state index in [0.717, 1.165) is 32.5 Å². The fourth-order valence-electron chi connectivity index (χ4n) is 3.91. The molecule has 0 aromatic carbocycles. The predicted molar refractivity (Wildman–Crippen MR) is 77.3 cm³/mol. The van der Waals surface area contributed by atoms with Crippen LogP contribution in [0.2, 0.25) is 0 Å². The zero-order valence-corrected chi connectivity index (χ0v) is 12.6. The Morgan fingerprint density at radius 3 is 2.74 bits per heavy atom. The molecule has 1 heterocycles. The lowest BCUT2D eigenvalue weighted by Gasteiger charge is -2.50. The highest BCUT2D eigenvalue weighted by atomic mass is 16.5. The summed E-state index contributed by atoms with van der Waals surface area (Å²) in [5.41, 5.74) is 6.21. The van der Waals surface area contributed by atoms with Crippen molar-refractivity contribution in [1.29, 1.82) is 0 Å². The number of nitrogens with zero attached hydrogens (tertiary/aromatic N) is 1. The summed E-state index contributed by atoms with van der Waals surface area (Å²) in [5, 5.41) is 0. The van der Waals surface area contributed by atoms with E-state index in [0.29, 0.717) is 12.6 Å². The third-order valence-corrected chi connectivity index (χ3v) is 5.02. The van der Waals surface area contributed by atoms with Gasteiger partial charge in [0.1, 0.15) is 0 Å². The molecule has 3 atom stereocenters. The Balaban J connectivity index is 2.10. The molecule has 1 aliphatic heterocycles. The summed E-state index contributed by atoms with van der Waals surface area (Å²) in [6, 6.07) is 0. The molecule has 2 N–H and O–H groups in total. The highest BCUT2D eigenvalue weighted by molar-refractivity contribution is 5.01. The van der Waals surface area contributed by atoms with E-state index in [2.05, 4.69) is 11.8 Å². The molecule has 0 aromatic heterocycles. The maximum atomic E-state index is 6.19. The normalized spacial score (nSPS) is 36.0. The zero-order valence-electron chi connectivity index (χ0n) is 12.6. The van der Waals surface area contributed by atoms with E-state index < -0.39 is 0 Å². The molecule has 1 aliphatic carbocycles. The number of nitrogens with two attached hydrogens (primary N) is 1. The molecule has 2 fully saturated rings. The number of ether oxygens (including phenoxy) is 2. The lowest BCUT2D eigenvalue weighted by Crippen LogP contribution is -2.64. The molecule has 0 aromatic rings. The second-order valence-corrected chi connectivity index (χ2v) is 5.95. The van der Waals surface area contributed by atoms with E-state index >= 15 is 0 Å². The van der Waals surface area contributed by atoms with Gasteiger partial charge in [0.05, 0.1) is 17.7 Å². The molecular weight excluding hydrogens is 240 g/mol. The lowest BCUT2D eigenvalue weighted by atomic mass is 9.77. The van der Waals surface area contributed by atoms with Crippen molar-refractivity contribution in [2.45, 2.75) is 63.2 Å². The SMILES string of the molecule is CCN(CC1CCCO1)C1(CN)CCCCC1OC. The quantitative estimate of drug-likeness (QED) is 0.799. The first-order valence-corrected chi connectivity index (χ1v) is 7.86. The molecule has 3 unspecified atom stereocenters. The van der Waals surface area contributed by atoms with Crippen LogP contribution in [0.1, 0.15) is 45.4 Å². The second kappa shape index (κ2) is 7.02. The number of likely N-dealkylation sites (N-methyl/N-ethyl adjacent to an activating group) is 1. The molecule has 2 rings (SSSR count). The van der Waals surface area contributed by atoms with Crippen LogP contribution in [0.3, 0.4) is 0 Å². The van der Waals surface area contributed by atoms with E-state index in [1.165, 1.54) is 25.7 Å². The van der Waals surface area contributed by atoms with Gasteiger partial charge in [0, 0.05) is 26.8 Å². The van der Waals surface area contributed by atoms with Crippen LogP contribution in [-0.4, -0.2) is 56.0 Å². The highest BCUT2D eigenvalue weighted by Crippen LogP contribution is 2.35. The maximum absolute atomic E-state index is 6.19. The van der Waals surface area contributed by atoms with Gasteiger partial charge in [0.25, 0.3) is 0 Å². The van der Waals surface area contributed by atoms with Crippen LogP contribution in [-0.2, 0) is 9.47 Å². The Labute approximate surface area is 117 Å². The standard InChI is InChI=1S/C15H30N2O2/c1-3-17(11-13-7-6-10-19-13)15(12-16)9-5-4-8-14(15)18-2/h13-14H,3-12,16H2,1-2H3. The van der Waals surface area contributed by atoms with Gasteiger partial charge in [-0.15, -0.1) is 0 Å². The number of methoxy groups -OCH3 is 1. The van der Waals surface area contributed by atoms with Crippen LogP contribution >= 0.6 is 0 Å². The van der Waals surface area contributed by atoms with Crippen molar-refractivity contribution in [3.05, 3.63) is 0 Å². The van der Waals surface area contributed by atoms with Crippen LogP contribution in [0.25, 0.3) is 0 Å². The van der Waals surface area contributed by atoms with Crippen LogP contribution in [0.15, 0.2) is 0 Å². The summed E-state index contributed by atoms with van der Waals surface area (Å²) in [6.07, 6.45) is 7.87. The van der Waals surface area contributed by atoms with Gasteiger partial charge >= 0.3 is 0 Å². The van der Waals surface area contributed by atoms with Crippen molar-refractivity contribution in [3.63, 3.8) is 0 Å². The van der Waals surface area contributed by atoms with E-state index in [9.17, 15) is 0 Å². The van der Waals surface area contributed by atoms with E-state index in [1.807, 2.05) is 7.11 Å². The van der Waals surface area contributed by atoms with Crippen molar-refractivity contribution in [1.82, 2.24) is 4.90 Å². The molecule has 0 bridgehead atoms. The molecule has 112 valence electrons. The molecule has 2 aliphatic rings. The van der Waals surface area contributed by atoms with Gasteiger partial charge in [0.15, 0.2) is 0 Å². The fourth-order valence-corrected chi connectivity index (χ4v) is 3.91. The van der Waals surface area contributed by atoms with Gasteiger partial charge in [-0.1, -0.05) is 19.8 Å². The zero-order chi connectivity index (χ0) is 13.7. The minimum Gasteiger partial charge on any atom is -0.379 e. The topological polar surface area (TPSA) is 47.7 Å². The summed E-state index contributed by atoms with van der Waals surface area (Å²) in [6.45, 7) is 5.87. The second-order valence-electron chi connectivity index (χ2n) is 5.95. The molecule has 0 radical (unpaired) electrons. The van der Waals surface area contributed by atoms with E-state index in [-0.39, 0.29) is 11.6 Å². The van der Waals surface area contributed by atoms with Crippen LogP contribution in [0.4, 0.5) is 0 Å². The number of hydrogen-bond acceptors (Lipinski definition) is 4. The van der Waals surface area contributed by atoms with Crippen LogP contribution in [0, 0.1) is 0 Å². The van der Waals surface area contributed by atoms with Crippen molar-refractivity contribution < 1.29 is 9.47 Å². The lowest BCUT2D eigenvalue weighted by molar-refractivity contribution is -0.0863. The van der Waals surface area contributed by atoms with Crippen LogP contribution in [0.5, 0.6) is 0 Å². The molecule has 0 spiro atoms. The minimum atomic E-state index is 0.0215. The van der Waals surface area contributed by atoms with E-state index in [1.54, 1.807) is 0 Å². The Morgan fingerprint density at radius 2 is 2.16 bits per heavy atom. The van der Waals surface area contributed by atoms with Crippen LogP contribution < -0.4 is 5.73 Å². The summed E-state index contributed by atoms with van der Waals surface area (Å²) in [4.78, 5) is 2.54. The van der Waals surface area contributed by atoms with Gasteiger partial charge in [-0.25, -0.2) is 0 Å². The Hall–Kier alpha value is -0.160. The number of hydrogen-bond donors (Lipinski definition) is 1. The first-order valence-electron chi connectivity index (χ1n) is 7.86. The third-order valence-electron chi connectivity index (χ3n) is 5.02. The Bertz CT molecular complexity index is 269. The first kappa shape index (κ1) is 15.2.